The Kier molecular flexibility index (Phi) is 6.91. The van der Waals surface area contributed by atoms with Gasteiger partial charge in [0.2, 0.25) is 0 Å². The average Bonchev–Trinajstić information content (AvgIpc) is 2.80. The van der Waals surface area contributed by atoms with Gasteiger partial charge in [0, 0.05) is 50.5 Å². The van der Waals surface area contributed by atoms with Gasteiger partial charge in [0.15, 0.2) is 0 Å². The van der Waals surface area contributed by atoms with Crippen molar-refractivity contribution in [1.29, 1.82) is 0 Å². The first kappa shape index (κ1) is 20.0. The maximum Gasteiger partial charge on any atom is 0.120 e. The lowest BCUT2D eigenvalue weighted by molar-refractivity contribution is 0.0949. The van der Waals surface area contributed by atoms with Crippen molar-refractivity contribution >= 4 is 5.69 Å². The molecule has 0 bridgehead atoms. The van der Waals surface area contributed by atoms with Crippen LogP contribution in [-0.4, -0.2) is 75.4 Å². The van der Waals surface area contributed by atoms with E-state index in [2.05, 4.69) is 32.9 Å². The van der Waals surface area contributed by atoms with Gasteiger partial charge in [0.1, 0.15) is 18.1 Å². The van der Waals surface area contributed by atoms with Crippen molar-refractivity contribution in [1.82, 2.24) is 9.80 Å². The Bertz CT molecular complexity index is 739. The predicted molar refractivity (Wildman–Crippen MR) is 118 cm³/mol. The first-order chi connectivity index (χ1) is 14.3. The molecule has 2 aliphatic rings. The van der Waals surface area contributed by atoms with Crippen molar-refractivity contribution in [3.8, 4) is 11.5 Å². The van der Waals surface area contributed by atoms with E-state index in [0.717, 1.165) is 56.9 Å². The van der Waals surface area contributed by atoms with Crippen molar-refractivity contribution < 1.29 is 9.47 Å². The first-order valence-corrected chi connectivity index (χ1v) is 10.8. The molecule has 0 spiro atoms. The van der Waals surface area contributed by atoms with E-state index >= 15 is 0 Å². The molecule has 2 aromatic rings. The molecule has 2 aliphatic heterocycles. The van der Waals surface area contributed by atoms with Crippen LogP contribution in [0.4, 0.5) is 5.69 Å². The van der Waals surface area contributed by atoms with E-state index in [-0.39, 0.29) is 0 Å². The third-order valence-electron chi connectivity index (χ3n) is 6.23. The maximum atomic E-state index is 5.86. The molecule has 2 aromatic carbocycles. The van der Waals surface area contributed by atoms with Crippen LogP contribution in [0.5, 0.6) is 11.5 Å². The fraction of sp³-hybridized carbons (Fsp3) is 0.500. The fourth-order valence-corrected chi connectivity index (χ4v) is 4.47. The largest absolute Gasteiger partial charge is 0.497 e. The first-order valence-electron chi connectivity index (χ1n) is 10.8. The van der Waals surface area contributed by atoms with Crippen LogP contribution in [0.25, 0.3) is 0 Å². The minimum atomic E-state index is 0.730. The lowest BCUT2D eigenvalue weighted by Crippen LogP contribution is -2.53. The summed E-state index contributed by atoms with van der Waals surface area (Å²) < 4.78 is 11.2. The molecule has 0 atom stereocenters. The molecule has 0 aliphatic carbocycles. The van der Waals surface area contributed by atoms with Crippen LogP contribution < -0.4 is 14.4 Å². The molecule has 0 amide bonds. The highest BCUT2D eigenvalue weighted by Gasteiger charge is 2.27. The third kappa shape index (κ3) is 5.43. The molecule has 2 fully saturated rings. The molecule has 2 heterocycles. The van der Waals surface area contributed by atoms with Gasteiger partial charge in [-0.15, -0.1) is 0 Å². The van der Waals surface area contributed by atoms with Gasteiger partial charge in [-0.2, -0.15) is 0 Å². The monoisotopic (exact) mass is 395 g/mol. The van der Waals surface area contributed by atoms with Gasteiger partial charge in [-0.1, -0.05) is 24.3 Å². The molecule has 4 rings (SSSR count). The van der Waals surface area contributed by atoms with Crippen LogP contribution in [0.15, 0.2) is 54.6 Å². The topological polar surface area (TPSA) is 28.2 Å². The number of piperidine rings is 1. The van der Waals surface area contributed by atoms with Gasteiger partial charge in [-0.05, 0) is 50.2 Å². The molecular weight excluding hydrogens is 362 g/mol. The van der Waals surface area contributed by atoms with Crippen LogP contribution in [0.1, 0.15) is 12.8 Å². The van der Waals surface area contributed by atoms with Crippen LogP contribution in [-0.2, 0) is 0 Å². The van der Waals surface area contributed by atoms with Gasteiger partial charge in [-0.3, -0.25) is 9.80 Å². The molecular formula is C24H33N3O2. The molecule has 0 N–H and O–H groups in total. The van der Waals surface area contributed by atoms with E-state index < -0.39 is 0 Å². The highest BCUT2D eigenvalue weighted by Crippen LogP contribution is 2.24. The number of nitrogens with zero attached hydrogens (tertiary/aromatic N) is 3. The minimum Gasteiger partial charge on any atom is -0.497 e. The van der Waals surface area contributed by atoms with Gasteiger partial charge in [0.25, 0.3) is 0 Å². The summed E-state index contributed by atoms with van der Waals surface area (Å²) in [6.45, 7) is 8.64. The summed E-state index contributed by atoms with van der Waals surface area (Å²) in [4.78, 5) is 7.73. The molecule has 2 saturated heterocycles. The maximum absolute atomic E-state index is 5.86. The van der Waals surface area contributed by atoms with Crippen LogP contribution >= 0.6 is 0 Å². The Morgan fingerprint density at radius 2 is 1.55 bits per heavy atom. The number of para-hydroxylation sites is 1. The van der Waals surface area contributed by atoms with E-state index in [1.165, 1.54) is 31.6 Å². The fourth-order valence-electron chi connectivity index (χ4n) is 4.47. The molecule has 156 valence electrons. The van der Waals surface area contributed by atoms with Gasteiger partial charge in [-0.25, -0.2) is 0 Å². The van der Waals surface area contributed by atoms with Crippen LogP contribution in [0, 0.1) is 0 Å². The van der Waals surface area contributed by atoms with Gasteiger partial charge >= 0.3 is 0 Å². The van der Waals surface area contributed by atoms with Crippen molar-refractivity contribution in [3.05, 3.63) is 54.6 Å². The van der Waals surface area contributed by atoms with Crippen LogP contribution in [0.2, 0.25) is 0 Å². The second kappa shape index (κ2) is 9.99. The van der Waals surface area contributed by atoms with E-state index in [4.69, 9.17) is 9.47 Å². The lowest BCUT2D eigenvalue weighted by Gasteiger charge is -2.43. The smallest absolute Gasteiger partial charge is 0.120 e. The summed E-state index contributed by atoms with van der Waals surface area (Å²) >= 11 is 0. The highest BCUT2D eigenvalue weighted by atomic mass is 16.5. The van der Waals surface area contributed by atoms with Crippen LogP contribution in [0.3, 0.4) is 0 Å². The highest BCUT2D eigenvalue weighted by molar-refractivity contribution is 5.51. The minimum absolute atomic E-state index is 0.730. The summed E-state index contributed by atoms with van der Waals surface area (Å²) in [7, 11) is 1.73. The standard InChI is InChI=1S/C24H33N3O2/c1-28-24-9-5-6-22(20-24)27-16-14-26(15-17-27)21-10-12-25(13-11-21)18-19-29-23-7-3-2-4-8-23/h2-9,20-21H,10-19H2,1H3. The zero-order valence-corrected chi connectivity index (χ0v) is 17.5. The lowest BCUT2D eigenvalue weighted by atomic mass is 10.0. The average molecular weight is 396 g/mol. The summed E-state index contributed by atoms with van der Waals surface area (Å²) in [5, 5.41) is 0. The number of ether oxygens (including phenoxy) is 2. The quantitative estimate of drug-likeness (QED) is 0.717. The normalized spacial score (nSPS) is 19.3. The summed E-state index contributed by atoms with van der Waals surface area (Å²) in [5.41, 5.74) is 1.28. The molecule has 0 saturated carbocycles. The Morgan fingerprint density at radius 3 is 2.28 bits per heavy atom. The number of hydrogen-bond acceptors (Lipinski definition) is 5. The van der Waals surface area contributed by atoms with Crippen molar-refractivity contribution in [2.24, 2.45) is 0 Å². The number of anilines is 1. The summed E-state index contributed by atoms with van der Waals surface area (Å²) in [6, 6.07) is 19.3. The van der Waals surface area contributed by atoms with E-state index in [1.54, 1.807) is 7.11 Å². The zero-order valence-electron chi connectivity index (χ0n) is 17.5. The molecule has 29 heavy (non-hydrogen) atoms. The van der Waals surface area contributed by atoms with E-state index in [0.29, 0.717) is 0 Å². The number of piperazine rings is 1. The number of rotatable bonds is 7. The van der Waals surface area contributed by atoms with Crippen molar-refractivity contribution in [3.63, 3.8) is 0 Å². The number of methoxy groups -OCH3 is 1. The number of hydrogen-bond donors (Lipinski definition) is 0. The Morgan fingerprint density at radius 1 is 0.828 bits per heavy atom. The Labute approximate surface area is 174 Å². The molecule has 0 radical (unpaired) electrons. The van der Waals surface area contributed by atoms with Gasteiger partial charge in [0.05, 0.1) is 7.11 Å². The van der Waals surface area contributed by atoms with Crippen molar-refractivity contribution in [2.45, 2.75) is 18.9 Å². The molecule has 5 nitrogen and oxygen atoms in total. The number of likely N-dealkylation sites (tertiary alicyclic amines) is 1. The summed E-state index contributed by atoms with van der Waals surface area (Å²) in [5.74, 6) is 1.91. The van der Waals surface area contributed by atoms with Gasteiger partial charge < -0.3 is 14.4 Å². The Balaban J connectivity index is 1.17. The third-order valence-corrected chi connectivity index (χ3v) is 6.23. The van der Waals surface area contributed by atoms with E-state index in [1.807, 2.05) is 36.4 Å². The predicted octanol–water partition coefficient (Wildman–Crippen LogP) is 3.36. The molecule has 0 aromatic heterocycles. The number of benzene rings is 2. The second-order valence-electron chi connectivity index (χ2n) is 7.96. The molecule has 0 unspecified atom stereocenters. The molecule has 5 heteroatoms. The Hall–Kier alpha value is -2.24. The SMILES string of the molecule is COc1cccc(N2CCN(C3CCN(CCOc4ccccc4)CC3)CC2)c1. The second-order valence-corrected chi connectivity index (χ2v) is 7.96. The zero-order chi connectivity index (χ0) is 19.9. The summed E-state index contributed by atoms with van der Waals surface area (Å²) in [6.07, 6.45) is 2.54. The van der Waals surface area contributed by atoms with Crippen molar-refractivity contribution in [2.75, 3.05) is 64.4 Å². The van der Waals surface area contributed by atoms with E-state index in [9.17, 15) is 0 Å².